The Balaban J connectivity index is 1.99. The lowest BCUT2D eigenvalue weighted by Crippen LogP contribution is -2.46. The van der Waals surface area contributed by atoms with Crippen molar-refractivity contribution in [3.05, 3.63) is 0 Å². The average Bonchev–Trinajstić information content (AvgIpc) is 2.80. The van der Waals surface area contributed by atoms with Gasteiger partial charge in [-0.2, -0.15) is 0 Å². The van der Waals surface area contributed by atoms with Gasteiger partial charge >= 0.3 is 5.97 Å². The van der Waals surface area contributed by atoms with Gasteiger partial charge in [-0.15, -0.1) is 0 Å². The Hall–Kier alpha value is -0.473. The van der Waals surface area contributed by atoms with Gasteiger partial charge in [-0.25, -0.2) is 4.79 Å². The number of carbonyl (C=O) groups excluding carboxylic acids is 1. The highest BCUT2D eigenvalue weighted by molar-refractivity contribution is 6.74. The van der Waals surface area contributed by atoms with Crippen molar-refractivity contribution in [2.75, 3.05) is 6.61 Å². The molecule has 2 aliphatic heterocycles. The van der Waals surface area contributed by atoms with Crippen LogP contribution in [0.5, 0.6) is 0 Å². The standard InChI is InChI=1S/C15H28O6Si/c1-14(2,3)22(6,7)18-8-9(16)10-11-12(13(17)19-10)21-15(4,5)20-11/h9-12,16H,8H2,1-7H3/t9-,10+,11-,12-/m0/s1. The summed E-state index contributed by atoms with van der Waals surface area (Å²) < 4.78 is 22.5. The fourth-order valence-electron chi connectivity index (χ4n) is 2.38. The number of ether oxygens (including phenoxy) is 3. The first-order chi connectivity index (χ1) is 9.84. The SMILES string of the molecule is CC1(C)O[C@H]2[C@@H]([C@@H](O)CO[Si](C)(C)C(C)(C)C)OC(=O)[C@H]2O1. The van der Waals surface area contributed by atoms with Crippen LogP contribution in [0.25, 0.3) is 0 Å². The van der Waals surface area contributed by atoms with Crippen molar-refractivity contribution in [1.82, 2.24) is 0 Å². The van der Waals surface area contributed by atoms with Gasteiger partial charge in [0.2, 0.25) is 0 Å². The number of esters is 1. The van der Waals surface area contributed by atoms with Crippen LogP contribution >= 0.6 is 0 Å². The minimum absolute atomic E-state index is 0.0522. The van der Waals surface area contributed by atoms with Crippen molar-refractivity contribution in [3.63, 3.8) is 0 Å². The zero-order chi connectivity index (χ0) is 16.9. The molecule has 0 unspecified atom stereocenters. The minimum atomic E-state index is -1.97. The van der Waals surface area contributed by atoms with E-state index in [1.54, 1.807) is 13.8 Å². The molecule has 0 spiro atoms. The lowest BCUT2D eigenvalue weighted by Gasteiger charge is -2.37. The summed E-state index contributed by atoms with van der Waals surface area (Å²) in [5.74, 6) is -1.32. The summed E-state index contributed by atoms with van der Waals surface area (Å²) in [5.41, 5.74) is 0. The monoisotopic (exact) mass is 332 g/mol. The van der Waals surface area contributed by atoms with Crippen LogP contribution in [-0.2, 0) is 23.4 Å². The van der Waals surface area contributed by atoms with Gasteiger partial charge in [-0.05, 0) is 32.0 Å². The highest BCUT2D eigenvalue weighted by Gasteiger charge is 2.58. The molecule has 1 N–H and O–H groups in total. The smallest absolute Gasteiger partial charge is 0.338 e. The quantitative estimate of drug-likeness (QED) is 0.625. The molecule has 7 heteroatoms. The van der Waals surface area contributed by atoms with Crippen LogP contribution < -0.4 is 0 Å². The highest BCUT2D eigenvalue weighted by atomic mass is 28.4. The fourth-order valence-corrected chi connectivity index (χ4v) is 3.40. The number of carbonyl (C=O) groups is 1. The van der Waals surface area contributed by atoms with E-state index in [1.807, 2.05) is 0 Å². The van der Waals surface area contributed by atoms with E-state index >= 15 is 0 Å². The van der Waals surface area contributed by atoms with Crippen LogP contribution in [0, 0.1) is 0 Å². The zero-order valence-corrected chi connectivity index (χ0v) is 15.5. The van der Waals surface area contributed by atoms with E-state index in [-0.39, 0.29) is 11.6 Å². The molecule has 128 valence electrons. The van der Waals surface area contributed by atoms with Gasteiger partial charge in [0.25, 0.3) is 0 Å². The van der Waals surface area contributed by atoms with Crippen molar-refractivity contribution < 1.29 is 28.5 Å². The lowest BCUT2D eigenvalue weighted by molar-refractivity contribution is -0.194. The predicted octanol–water partition coefficient (Wildman–Crippen LogP) is 1.81. The van der Waals surface area contributed by atoms with Crippen LogP contribution in [0.15, 0.2) is 0 Å². The third kappa shape index (κ3) is 3.38. The Morgan fingerprint density at radius 1 is 1.32 bits per heavy atom. The second-order valence-electron chi connectivity index (χ2n) is 8.06. The summed E-state index contributed by atoms with van der Waals surface area (Å²) in [7, 11) is -1.97. The molecule has 0 saturated carbocycles. The van der Waals surface area contributed by atoms with E-state index in [0.29, 0.717) is 0 Å². The van der Waals surface area contributed by atoms with Crippen molar-refractivity contribution in [1.29, 1.82) is 0 Å². The molecule has 2 fully saturated rings. The molecule has 0 aliphatic carbocycles. The fraction of sp³-hybridized carbons (Fsp3) is 0.933. The summed E-state index contributed by atoms with van der Waals surface area (Å²) in [4.78, 5) is 11.8. The Morgan fingerprint density at radius 3 is 2.45 bits per heavy atom. The molecule has 0 radical (unpaired) electrons. The van der Waals surface area contributed by atoms with E-state index in [2.05, 4.69) is 33.9 Å². The van der Waals surface area contributed by atoms with Crippen molar-refractivity contribution in [2.45, 2.75) is 83.0 Å². The van der Waals surface area contributed by atoms with Crippen molar-refractivity contribution in [2.24, 2.45) is 0 Å². The molecule has 0 amide bonds. The summed E-state index contributed by atoms with van der Waals surface area (Å²) in [5, 5.41) is 10.4. The molecule has 2 saturated heterocycles. The van der Waals surface area contributed by atoms with E-state index in [9.17, 15) is 9.90 Å². The molecular formula is C15H28O6Si. The van der Waals surface area contributed by atoms with Gasteiger partial charge in [0.15, 0.2) is 26.3 Å². The van der Waals surface area contributed by atoms with Crippen LogP contribution in [-0.4, -0.2) is 56.2 Å². The number of aliphatic hydroxyl groups is 1. The second-order valence-corrected chi connectivity index (χ2v) is 12.9. The van der Waals surface area contributed by atoms with Crippen molar-refractivity contribution >= 4 is 14.3 Å². The zero-order valence-electron chi connectivity index (χ0n) is 14.5. The third-order valence-electron chi connectivity index (χ3n) is 4.74. The van der Waals surface area contributed by atoms with Gasteiger partial charge in [0, 0.05) is 0 Å². The number of rotatable bonds is 4. The summed E-state index contributed by atoms with van der Waals surface area (Å²) >= 11 is 0. The van der Waals surface area contributed by atoms with Crippen LogP contribution in [0.1, 0.15) is 34.6 Å². The summed E-state index contributed by atoms with van der Waals surface area (Å²) in [6.45, 7) is 14.2. The number of hydrogen-bond acceptors (Lipinski definition) is 6. The number of hydrogen-bond donors (Lipinski definition) is 1. The molecule has 0 aromatic rings. The van der Waals surface area contributed by atoms with E-state index in [4.69, 9.17) is 18.6 Å². The van der Waals surface area contributed by atoms with Gasteiger partial charge < -0.3 is 23.7 Å². The summed E-state index contributed by atoms with van der Waals surface area (Å²) in [6, 6.07) is 0. The van der Waals surface area contributed by atoms with Crippen LogP contribution in [0.4, 0.5) is 0 Å². The predicted molar refractivity (Wildman–Crippen MR) is 82.9 cm³/mol. The first-order valence-electron chi connectivity index (χ1n) is 7.72. The molecule has 0 aromatic heterocycles. The van der Waals surface area contributed by atoms with Gasteiger partial charge in [0.1, 0.15) is 12.2 Å². The molecule has 2 rings (SSSR count). The minimum Gasteiger partial charge on any atom is -0.455 e. The number of aliphatic hydroxyl groups excluding tert-OH is 1. The first kappa shape index (κ1) is 17.9. The Bertz CT molecular complexity index is 442. The maximum atomic E-state index is 11.8. The van der Waals surface area contributed by atoms with Crippen LogP contribution in [0.2, 0.25) is 18.1 Å². The largest absolute Gasteiger partial charge is 0.455 e. The Kier molecular flexibility index (Phi) is 4.52. The number of cyclic esters (lactones) is 1. The van der Waals surface area contributed by atoms with Gasteiger partial charge in [-0.1, -0.05) is 20.8 Å². The highest BCUT2D eigenvalue weighted by Crippen LogP contribution is 2.39. The van der Waals surface area contributed by atoms with Gasteiger partial charge in [-0.3, -0.25) is 0 Å². The Morgan fingerprint density at radius 2 is 1.91 bits per heavy atom. The normalized spacial score (nSPS) is 32.7. The lowest BCUT2D eigenvalue weighted by atomic mass is 10.1. The van der Waals surface area contributed by atoms with Crippen molar-refractivity contribution in [3.8, 4) is 0 Å². The molecule has 4 atom stereocenters. The molecule has 6 nitrogen and oxygen atoms in total. The molecule has 2 aliphatic rings. The Labute approximate surface area is 133 Å². The van der Waals surface area contributed by atoms with E-state index in [1.165, 1.54) is 0 Å². The van der Waals surface area contributed by atoms with E-state index in [0.717, 1.165) is 0 Å². The maximum Gasteiger partial charge on any atom is 0.338 e. The van der Waals surface area contributed by atoms with Gasteiger partial charge in [0.05, 0.1) is 6.61 Å². The number of fused-ring (bicyclic) bond motifs is 1. The molecule has 0 bridgehead atoms. The molecular weight excluding hydrogens is 304 g/mol. The second kappa shape index (κ2) is 5.56. The van der Waals surface area contributed by atoms with Crippen LogP contribution in [0.3, 0.4) is 0 Å². The molecule has 22 heavy (non-hydrogen) atoms. The molecule has 0 aromatic carbocycles. The van der Waals surface area contributed by atoms with E-state index < -0.39 is 44.5 Å². The maximum absolute atomic E-state index is 11.8. The average molecular weight is 332 g/mol. The summed E-state index contributed by atoms with van der Waals surface area (Å²) in [6.07, 6.45) is -3.02. The topological polar surface area (TPSA) is 74.2 Å². The first-order valence-corrected chi connectivity index (χ1v) is 10.6. The molecule has 2 heterocycles. The third-order valence-corrected chi connectivity index (χ3v) is 9.24.